The molecule has 2 unspecified atom stereocenters. The minimum absolute atomic E-state index is 0.0455. The smallest absolute Gasteiger partial charge is 0.246 e. The number of piperazine rings is 1. The first-order valence-corrected chi connectivity index (χ1v) is 6.55. The Labute approximate surface area is 110 Å². The number of carbonyl (C=O) groups excluding carboxylic acids is 2. The summed E-state index contributed by atoms with van der Waals surface area (Å²) in [6, 6.07) is -0.656. The van der Waals surface area contributed by atoms with Crippen molar-refractivity contribution in [2.75, 3.05) is 13.1 Å². The van der Waals surface area contributed by atoms with Crippen molar-refractivity contribution in [1.29, 1.82) is 0 Å². The van der Waals surface area contributed by atoms with Gasteiger partial charge in [-0.15, -0.1) is 0 Å². The molecule has 1 aromatic rings. The first kappa shape index (κ1) is 12.1. The highest BCUT2D eigenvalue weighted by Crippen LogP contribution is 2.26. The van der Waals surface area contributed by atoms with E-state index in [1.54, 1.807) is 16.7 Å². The first-order valence-electron chi connectivity index (χ1n) is 6.55. The summed E-state index contributed by atoms with van der Waals surface area (Å²) in [6.07, 6.45) is 3.50. The number of hydrogen-bond donors (Lipinski definition) is 0. The quantitative estimate of drug-likeness (QED) is 0.757. The molecule has 0 saturated carbocycles. The van der Waals surface area contributed by atoms with E-state index in [4.69, 9.17) is 4.52 Å². The normalized spacial score (nSPS) is 27.0. The average Bonchev–Trinajstić information content (AvgIpc) is 3.07. The largest absolute Gasteiger partial charge is 0.340 e. The van der Waals surface area contributed by atoms with Crippen molar-refractivity contribution in [3.05, 3.63) is 12.2 Å². The van der Waals surface area contributed by atoms with E-state index in [9.17, 15) is 9.59 Å². The van der Waals surface area contributed by atoms with Crippen molar-refractivity contribution in [2.45, 2.75) is 38.3 Å². The molecule has 7 nitrogen and oxygen atoms in total. The minimum Gasteiger partial charge on any atom is -0.340 e. The third-order valence-corrected chi connectivity index (χ3v) is 3.90. The van der Waals surface area contributed by atoms with Crippen LogP contribution in [0.1, 0.15) is 25.7 Å². The summed E-state index contributed by atoms with van der Waals surface area (Å²) in [5.41, 5.74) is 0. The van der Waals surface area contributed by atoms with Crippen LogP contribution >= 0.6 is 0 Å². The topological polar surface area (TPSA) is 79.5 Å². The lowest BCUT2D eigenvalue weighted by molar-refractivity contribution is -0.158. The lowest BCUT2D eigenvalue weighted by Gasteiger charge is -2.40. The Morgan fingerprint density at radius 1 is 1.42 bits per heavy atom. The fourth-order valence-electron chi connectivity index (χ4n) is 2.87. The summed E-state index contributed by atoms with van der Waals surface area (Å²) >= 11 is 0. The second-order valence-corrected chi connectivity index (χ2v) is 4.98. The summed E-state index contributed by atoms with van der Waals surface area (Å²) in [7, 11) is 0. The zero-order valence-corrected chi connectivity index (χ0v) is 10.8. The molecular formula is C12H16N4O3. The van der Waals surface area contributed by atoms with Gasteiger partial charge in [-0.2, -0.15) is 4.98 Å². The van der Waals surface area contributed by atoms with Crippen molar-refractivity contribution in [3.8, 4) is 0 Å². The molecule has 3 heterocycles. The van der Waals surface area contributed by atoms with Gasteiger partial charge in [0.15, 0.2) is 6.33 Å². The molecule has 102 valence electrons. The van der Waals surface area contributed by atoms with Gasteiger partial charge in [-0.05, 0) is 19.8 Å². The maximum Gasteiger partial charge on any atom is 0.246 e. The molecule has 0 aliphatic carbocycles. The molecule has 0 radical (unpaired) electrons. The van der Waals surface area contributed by atoms with Crippen LogP contribution in [0.3, 0.4) is 0 Å². The summed E-state index contributed by atoms with van der Waals surface area (Å²) in [6.45, 7) is 2.93. The summed E-state index contributed by atoms with van der Waals surface area (Å²) < 4.78 is 4.91. The van der Waals surface area contributed by atoms with Gasteiger partial charge in [-0.3, -0.25) is 9.59 Å². The van der Waals surface area contributed by atoms with Gasteiger partial charge < -0.3 is 14.3 Å². The number of fused-ring (bicyclic) bond motifs is 1. The highest BCUT2D eigenvalue weighted by atomic mass is 16.5. The molecule has 7 heteroatoms. The highest BCUT2D eigenvalue weighted by Gasteiger charge is 2.45. The van der Waals surface area contributed by atoms with Crippen LogP contribution in [0.4, 0.5) is 0 Å². The van der Waals surface area contributed by atoms with Crippen LogP contribution in [0.5, 0.6) is 0 Å². The van der Waals surface area contributed by atoms with Crippen molar-refractivity contribution in [2.24, 2.45) is 0 Å². The zero-order valence-electron chi connectivity index (χ0n) is 10.8. The molecule has 1 aromatic heterocycles. The second-order valence-electron chi connectivity index (χ2n) is 4.98. The third-order valence-electron chi connectivity index (χ3n) is 3.90. The number of nitrogens with zero attached hydrogens (tertiary/aromatic N) is 4. The van der Waals surface area contributed by atoms with Gasteiger partial charge in [0.1, 0.15) is 12.1 Å². The van der Waals surface area contributed by atoms with Gasteiger partial charge in [0, 0.05) is 19.5 Å². The lowest BCUT2D eigenvalue weighted by Crippen LogP contribution is -2.62. The van der Waals surface area contributed by atoms with Crippen molar-refractivity contribution >= 4 is 11.8 Å². The molecule has 3 rings (SSSR count). The predicted molar refractivity (Wildman–Crippen MR) is 63.9 cm³/mol. The number of hydrogen-bond acceptors (Lipinski definition) is 5. The van der Waals surface area contributed by atoms with E-state index in [-0.39, 0.29) is 17.9 Å². The number of aromatic nitrogens is 2. The summed E-state index contributed by atoms with van der Waals surface area (Å²) in [5.74, 6) is 0.582. The van der Waals surface area contributed by atoms with Crippen LogP contribution < -0.4 is 0 Å². The van der Waals surface area contributed by atoms with Crippen LogP contribution in [-0.2, 0) is 16.0 Å². The zero-order chi connectivity index (χ0) is 13.4. The molecule has 2 aliphatic rings. The molecule has 0 spiro atoms. The molecule has 2 fully saturated rings. The SMILES string of the molecule is CC1C(=O)N2CCCC2C(=O)N1CCc1ncno1. The summed E-state index contributed by atoms with van der Waals surface area (Å²) in [5, 5.41) is 3.53. The van der Waals surface area contributed by atoms with E-state index in [0.29, 0.717) is 25.4 Å². The van der Waals surface area contributed by atoms with Gasteiger partial charge in [-0.25, -0.2) is 0 Å². The molecule has 2 saturated heterocycles. The van der Waals surface area contributed by atoms with E-state index in [1.165, 1.54) is 6.33 Å². The Morgan fingerprint density at radius 3 is 3.00 bits per heavy atom. The van der Waals surface area contributed by atoms with E-state index < -0.39 is 6.04 Å². The fourth-order valence-corrected chi connectivity index (χ4v) is 2.87. The van der Waals surface area contributed by atoms with Crippen LogP contribution in [-0.4, -0.2) is 56.9 Å². The molecule has 2 amide bonds. The fraction of sp³-hybridized carbons (Fsp3) is 0.667. The molecule has 19 heavy (non-hydrogen) atoms. The molecule has 0 N–H and O–H groups in total. The van der Waals surface area contributed by atoms with Gasteiger partial charge in [0.05, 0.1) is 0 Å². The van der Waals surface area contributed by atoms with Crippen molar-refractivity contribution in [1.82, 2.24) is 19.9 Å². The predicted octanol–water partition coefficient (Wildman–Crippen LogP) is -0.166. The van der Waals surface area contributed by atoms with Gasteiger partial charge >= 0.3 is 0 Å². The minimum atomic E-state index is -0.398. The van der Waals surface area contributed by atoms with E-state index in [2.05, 4.69) is 10.1 Å². The molecule has 2 aliphatic heterocycles. The van der Waals surface area contributed by atoms with E-state index in [1.807, 2.05) is 0 Å². The Balaban J connectivity index is 1.72. The Bertz CT molecular complexity index is 487. The van der Waals surface area contributed by atoms with Crippen LogP contribution in [0.15, 0.2) is 10.9 Å². The Morgan fingerprint density at radius 2 is 2.26 bits per heavy atom. The van der Waals surface area contributed by atoms with Gasteiger partial charge in [0.25, 0.3) is 0 Å². The monoisotopic (exact) mass is 264 g/mol. The third kappa shape index (κ3) is 1.98. The maximum absolute atomic E-state index is 12.4. The van der Waals surface area contributed by atoms with E-state index in [0.717, 1.165) is 12.8 Å². The Hall–Kier alpha value is -1.92. The van der Waals surface area contributed by atoms with Crippen molar-refractivity contribution in [3.63, 3.8) is 0 Å². The molecule has 0 aromatic carbocycles. The van der Waals surface area contributed by atoms with Crippen LogP contribution in [0.25, 0.3) is 0 Å². The first-order chi connectivity index (χ1) is 9.18. The van der Waals surface area contributed by atoms with Gasteiger partial charge in [-0.1, -0.05) is 5.16 Å². The number of rotatable bonds is 3. The van der Waals surface area contributed by atoms with Crippen LogP contribution in [0, 0.1) is 0 Å². The van der Waals surface area contributed by atoms with E-state index >= 15 is 0 Å². The van der Waals surface area contributed by atoms with Gasteiger partial charge in [0.2, 0.25) is 17.7 Å². The highest BCUT2D eigenvalue weighted by molar-refractivity contribution is 5.97. The average molecular weight is 264 g/mol. The van der Waals surface area contributed by atoms with Crippen molar-refractivity contribution < 1.29 is 14.1 Å². The maximum atomic E-state index is 12.4. The second kappa shape index (κ2) is 4.64. The molecule has 0 bridgehead atoms. The van der Waals surface area contributed by atoms with Crippen LogP contribution in [0.2, 0.25) is 0 Å². The Kier molecular flexibility index (Phi) is 2.96. The number of carbonyl (C=O) groups is 2. The summed E-state index contributed by atoms with van der Waals surface area (Å²) in [4.78, 5) is 31.9. The molecular weight excluding hydrogens is 248 g/mol. The number of amides is 2. The molecule has 2 atom stereocenters. The lowest BCUT2D eigenvalue weighted by atomic mass is 10.1. The standard InChI is InChI=1S/C12H16N4O3/c1-8-11(17)16-5-2-3-9(16)12(18)15(8)6-4-10-13-7-14-19-10/h7-9H,2-6H2,1H3.